The van der Waals surface area contributed by atoms with Crippen molar-refractivity contribution in [3.05, 3.63) is 35.1 Å². The highest BCUT2D eigenvalue weighted by molar-refractivity contribution is 5.94. The fourth-order valence-electron chi connectivity index (χ4n) is 3.14. The lowest BCUT2D eigenvalue weighted by atomic mass is 10.1. The fourth-order valence-corrected chi connectivity index (χ4v) is 3.14. The molecule has 0 aliphatic rings. The van der Waals surface area contributed by atoms with Crippen LogP contribution in [-0.4, -0.2) is 23.9 Å². The Hall–Kier alpha value is -1.52. The summed E-state index contributed by atoms with van der Waals surface area (Å²) in [7, 11) is 0. The van der Waals surface area contributed by atoms with Gasteiger partial charge in [-0.1, -0.05) is 71.6 Å². The van der Waals surface area contributed by atoms with Gasteiger partial charge in [0.15, 0.2) is 17.5 Å². The molecule has 27 heavy (non-hydrogen) atoms. The van der Waals surface area contributed by atoms with Gasteiger partial charge in [0.25, 0.3) is 5.91 Å². The molecule has 154 valence electrons. The first-order valence-electron chi connectivity index (χ1n) is 10.5. The van der Waals surface area contributed by atoms with Gasteiger partial charge in [-0.15, -0.1) is 0 Å². The third kappa shape index (κ3) is 8.35. The van der Waals surface area contributed by atoms with Gasteiger partial charge in [0.05, 0.1) is 5.56 Å². The maximum absolute atomic E-state index is 13.9. The molecule has 0 aliphatic heterocycles. The summed E-state index contributed by atoms with van der Waals surface area (Å²) in [5.74, 6) is -4.81. The largest absolute Gasteiger partial charge is 0.339 e. The molecule has 0 heterocycles. The Morgan fingerprint density at radius 1 is 0.741 bits per heavy atom. The molecule has 0 saturated carbocycles. The van der Waals surface area contributed by atoms with Gasteiger partial charge in [0.1, 0.15) is 0 Å². The van der Waals surface area contributed by atoms with Crippen molar-refractivity contribution in [2.24, 2.45) is 0 Å². The Kier molecular flexibility index (Phi) is 11.9. The van der Waals surface area contributed by atoms with Gasteiger partial charge in [0.2, 0.25) is 0 Å². The number of benzene rings is 1. The zero-order chi connectivity index (χ0) is 20.1. The minimum atomic E-state index is -1.58. The van der Waals surface area contributed by atoms with Crippen molar-refractivity contribution >= 4 is 5.91 Å². The number of hydrogen-bond donors (Lipinski definition) is 0. The highest BCUT2D eigenvalue weighted by atomic mass is 19.2. The van der Waals surface area contributed by atoms with Crippen LogP contribution in [0, 0.1) is 17.5 Å². The van der Waals surface area contributed by atoms with E-state index >= 15 is 0 Å². The zero-order valence-corrected chi connectivity index (χ0v) is 16.8. The van der Waals surface area contributed by atoms with Crippen LogP contribution in [0.4, 0.5) is 13.2 Å². The van der Waals surface area contributed by atoms with E-state index in [0.717, 1.165) is 44.2 Å². The molecule has 1 amide bonds. The predicted octanol–water partition coefficient (Wildman–Crippen LogP) is 6.88. The summed E-state index contributed by atoms with van der Waals surface area (Å²) in [6.45, 7) is 5.25. The predicted molar refractivity (Wildman–Crippen MR) is 104 cm³/mol. The van der Waals surface area contributed by atoms with E-state index in [-0.39, 0.29) is 5.56 Å². The van der Waals surface area contributed by atoms with E-state index in [0.29, 0.717) is 13.1 Å². The molecule has 1 aromatic rings. The molecular weight excluding hydrogens is 351 g/mol. The Bertz CT molecular complexity index is 563. The van der Waals surface area contributed by atoms with Crippen LogP contribution in [0.25, 0.3) is 0 Å². The summed E-state index contributed by atoms with van der Waals surface area (Å²) in [4.78, 5) is 14.2. The lowest BCUT2D eigenvalue weighted by Gasteiger charge is -2.23. The molecule has 0 fully saturated rings. The molecule has 1 rings (SSSR count). The minimum absolute atomic E-state index is 0.388. The topological polar surface area (TPSA) is 20.3 Å². The van der Waals surface area contributed by atoms with Crippen molar-refractivity contribution in [1.82, 2.24) is 4.90 Å². The highest BCUT2D eigenvalue weighted by Gasteiger charge is 2.22. The van der Waals surface area contributed by atoms with Crippen LogP contribution >= 0.6 is 0 Å². The van der Waals surface area contributed by atoms with Crippen LogP contribution < -0.4 is 0 Å². The molecular formula is C22H34F3NO. The normalized spacial score (nSPS) is 11.0. The number of halogens is 3. The lowest BCUT2D eigenvalue weighted by molar-refractivity contribution is 0.0744. The van der Waals surface area contributed by atoms with E-state index in [1.54, 1.807) is 4.90 Å². The number of hydrogen-bond acceptors (Lipinski definition) is 1. The Labute approximate surface area is 162 Å². The van der Waals surface area contributed by atoms with Crippen LogP contribution in [0.2, 0.25) is 0 Å². The van der Waals surface area contributed by atoms with Gasteiger partial charge in [-0.3, -0.25) is 4.79 Å². The number of unbranched alkanes of at least 4 members (excludes halogenated alkanes) is 9. The average molecular weight is 386 g/mol. The zero-order valence-electron chi connectivity index (χ0n) is 16.8. The van der Waals surface area contributed by atoms with Crippen molar-refractivity contribution in [1.29, 1.82) is 0 Å². The van der Waals surface area contributed by atoms with Gasteiger partial charge in [-0.05, 0) is 25.0 Å². The summed E-state index contributed by atoms with van der Waals surface area (Å²) < 4.78 is 40.5. The Morgan fingerprint density at radius 3 is 1.85 bits per heavy atom. The molecule has 0 aliphatic carbocycles. The van der Waals surface area contributed by atoms with E-state index in [9.17, 15) is 18.0 Å². The van der Waals surface area contributed by atoms with E-state index in [1.165, 1.54) is 38.5 Å². The van der Waals surface area contributed by atoms with E-state index in [4.69, 9.17) is 0 Å². The van der Waals surface area contributed by atoms with Crippen molar-refractivity contribution in [2.45, 2.75) is 84.5 Å². The molecule has 0 radical (unpaired) electrons. The third-order valence-electron chi connectivity index (χ3n) is 4.87. The summed E-state index contributed by atoms with van der Waals surface area (Å²) in [5, 5.41) is 0. The van der Waals surface area contributed by atoms with Crippen molar-refractivity contribution in [3.63, 3.8) is 0 Å². The highest BCUT2D eigenvalue weighted by Crippen LogP contribution is 2.18. The van der Waals surface area contributed by atoms with Crippen molar-refractivity contribution in [2.75, 3.05) is 13.1 Å². The van der Waals surface area contributed by atoms with Crippen LogP contribution in [0.3, 0.4) is 0 Å². The SMILES string of the molecule is CCCCCCCCCCCN(CCCC)C(=O)c1ccc(F)c(F)c1F. The fraction of sp³-hybridized carbons (Fsp3) is 0.682. The number of nitrogens with zero attached hydrogens (tertiary/aromatic N) is 1. The third-order valence-corrected chi connectivity index (χ3v) is 4.87. The van der Waals surface area contributed by atoms with Crippen LogP contribution in [0.15, 0.2) is 12.1 Å². The first-order valence-corrected chi connectivity index (χ1v) is 10.5. The summed E-state index contributed by atoms with van der Waals surface area (Å²) in [6.07, 6.45) is 12.3. The number of carbonyl (C=O) groups excluding carboxylic acids is 1. The summed E-state index contributed by atoms with van der Waals surface area (Å²) in [5.41, 5.74) is -0.388. The standard InChI is InChI=1S/C22H34F3NO/c1-3-5-7-8-9-10-11-12-13-17-26(16-6-4-2)22(27)18-14-15-19(23)21(25)20(18)24/h14-15H,3-13,16-17H2,1-2H3. The van der Waals surface area contributed by atoms with Gasteiger partial charge in [-0.2, -0.15) is 0 Å². The van der Waals surface area contributed by atoms with Crippen molar-refractivity contribution in [3.8, 4) is 0 Å². The molecule has 0 unspecified atom stereocenters. The second-order valence-corrected chi connectivity index (χ2v) is 7.20. The molecule has 0 saturated heterocycles. The second-order valence-electron chi connectivity index (χ2n) is 7.20. The quantitative estimate of drug-likeness (QED) is 0.252. The maximum atomic E-state index is 13.9. The molecule has 0 atom stereocenters. The molecule has 2 nitrogen and oxygen atoms in total. The second kappa shape index (κ2) is 13.6. The Morgan fingerprint density at radius 2 is 1.26 bits per heavy atom. The molecule has 0 bridgehead atoms. The van der Waals surface area contributed by atoms with E-state index in [2.05, 4.69) is 6.92 Å². The van der Waals surface area contributed by atoms with Gasteiger partial charge < -0.3 is 4.90 Å². The minimum Gasteiger partial charge on any atom is -0.339 e. The van der Waals surface area contributed by atoms with Gasteiger partial charge in [-0.25, -0.2) is 13.2 Å². The molecule has 0 spiro atoms. The van der Waals surface area contributed by atoms with Gasteiger partial charge >= 0.3 is 0 Å². The van der Waals surface area contributed by atoms with Crippen LogP contribution in [0.5, 0.6) is 0 Å². The average Bonchev–Trinajstić information content (AvgIpc) is 2.66. The maximum Gasteiger partial charge on any atom is 0.256 e. The van der Waals surface area contributed by atoms with Crippen LogP contribution in [0.1, 0.15) is 94.8 Å². The first-order chi connectivity index (χ1) is 13.0. The first kappa shape index (κ1) is 23.5. The van der Waals surface area contributed by atoms with Crippen LogP contribution in [-0.2, 0) is 0 Å². The molecule has 0 aromatic heterocycles. The summed E-state index contributed by atoms with van der Waals surface area (Å²) >= 11 is 0. The van der Waals surface area contributed by atoms with E-state index < -0.39 is 23.4 Å². The van der Waals surface area contributed by atoms with E-state index in [1.807, 2.05) is 6.92 Å². The molecule has 5 heteroatoms. The Balaban J connectivity index is 2.48. The number of amides is 1. The van der Waals surface area contributed by atoms with Gasteiger partial charge in [0, 0.05) is 13.1 Å². The number of carbonyl (C=O) groups is 1. The lowest BCUT2D eigenvalue weighted by Crippen LogP contribution is -2.33. The summed E-state index contributed by atoms with van der Waals surface area (Å²) in [6, 6.07) is 1.84. The monoisotopic (exact) mass is 385 g/mol. The molecule has 1 aromatic carbocycles. The van der Waals surface area contributed by atoms with Crippen molar-refractivity contribution < 1.29 is 18.0 Å². The smallest absolute Gasteiger partial charge is 0.256 e. The molecule has 0 N–H and O–H groups in total. The number of rotatable bonds is 14.